The summed E-state index contributed by atoms with van der Waals surface area (Å²) >= 11 is 0. The molecule has 3 fully saturated rings. The van der Waals surface area contributed by atoms with E-state index in [1.54, 1.807) is 0 Å². The number of carboxylic acid groups (broad SMARTS) is 1. The van der Waals surface area contributed by atoms with Crippen molar-refractivity contribution in [1.29, 1.82) is 0 Å². The number of halogens is 7. The lowest BCUT2D eigenvalue weighted by molar-refractivity contribution is -0.192. The third-order valence-electron chi connectivity index (χ3n) is 6.08. The van der Waals surface area contributed by atoms with Crippen molar-refractivity contribution >= 4 is 17.6 Å². The molecule has 1 unspecified atom stereocenters. The molecule has 1 amide bonds. The fourth-order valence-corrected chi connectivity index (χ4v) is 4.52. The van der Waals surface area contributed by atoms with Crippen molar-refractivity contribution in [2.75, 3.05) is 19.6 Å². The number of aliphatic carboxylic acids is 1. The maximum absolute atomic E-state index is 13.0. The molecule has 0 aromatic rings. The van der Waals surface area contributed by atoms with Gasteiger partial charge in [0.15, 0.2) is 5.60 Å². The predicted octanol–water partition coefficient (Wildman–Crippen LogP) is 3.19. The van der Waals surface area contributed by atoms with Crippen LogP contribution in [0.25, 0.3) is 0 Å². The highest BCUT2D eigenvalue weighted by atomic mass is 19.4. The van der Waals surface area contributed by atoms with Crippen LogP contribution < -0.4 is 5.32 Å². The van der Waals surface area contributed by atoms with Gasteiger partial charge in [-0.2, -0.15) is 13.2 Å². The largest absolute Gasteiger partial charge is 0.490 e. The van der Waals surface area contributed by atoms with Gasteiger partial charge < -0.3 is 15.3 Å². The standard InChI is InChI=1S/C17H23F4N3O2.C2HF3O2/c18-16(19)4-11(5-16)9-24-3-1-2-15(10-24)8-13(23-26-15)14(25)22-12-6-17(20,21)7-12;3-2(4,5)1(6)7/h11-12H,1-10H2,(H,22,25);(H,6,7). The normalized spacial score (nSPS) is 29.1. The molecule has 7 nitrogen and oxygen atoms in total. The Labute approximate surface area is 184 Å². The molecule has 0 bridgehead atoms. The highest BCUT2D eigenvalue weighted by Gasteiger charge is 2.50. The summed E-state index contributed by atoms with van der Waals surface area (Å²) < 4.78 is 83.5. The maximum atomic E-state index is 13.0. The van der Waals surface area contributed by atoms with Gasteiger partial charge in [0.25, 0.3) is 11.8 Å². The first-order chi connectivity index (χ1) is 15.1. The number of alkyl halides is 7. The topological polar surface area (TPSA) is 91.2 Å². The van der Waals surface area contributed by atoms with E-state index in [0.29, 0.717) is 19.5 Å². The van der Waals surface area contributed by atoms with Crippen molar-refractivity contribution in [3.63, 3.8) is 0 Å². The molecule has 188 valence electrons. The molecule has 0 aromatic heterocycles. The summed E-state index contributed by atoms with van der Waals surface area (Å²) in [6.07, 6.45) is -3.95. The number of nitrogens with one attached hydrogen (secondary N) is 1. The van der Waals surface area contributed by atoms with Crippen LogP contribution in [0.4, 0.5) is 30.7 Å². The number of rotatable bonds is 4. The van der Waals surface area contributed by atoms with Crippen LogP contribution in [0.1, 0.15) is 44.9 Å². The predicted molar refractivity (Wildman–Crippen MR) is 99.0 cm³/mol. The second-order valence-corrected chi connectivity index (χ2v) is 9.20. The van der Waals surface area contributed by atoms with Crippen LogP contribution in [0.5, 0.6) is 0 Å². The molecule has 33 heavy (non-hydrogen) atoms. The van der Waals surface area contributed by atoms with Crippen molar-refractivity contribution in [2.45, 2.75) is 74.6 Å². The highest BCUT2D eigenvalue weighted by Crippen LogP contribution is 2.43. The van der Waals surface area contributed by atoms with E-state index in [0.717, 1.165) is 19.4 Å². The van der Waals surface area contributed by atoms with E-state index in [-0.39, 0.29) is 37.3 Å². The van der Waals surface area contributed by atoms with Gasteiger partial charge in [-0.15, -0.1) is 0 Å². The number of carbonyl (C=O) groups excluding carboxylic acids is 1. The molecule has 2 aliphatic carbocycles. The molecule has 2 aliphatic heterocycles. The second-order valence-electron chi connectivity index (χ2n) is 9.20. The van der Waals surface area contributed by atoms with E-state index >= 15 is 0 Å². The van der Waals surface area contributed by atoms with Crippen LogP contribution in [0.3, 0.4) is 0 Å². The third-order valence-corrected chi connectivity index (χ3v) is 6.08. The Hall–Kier alpha value is -2.12. The number of carbonyl (C=O) groups is 2. The first-order valence-corrected chi connectivity index (χ1v) is 10.4. The number of amides is 1. The minimum atomic E-state index is -5.08. The molecule has 1 atom stereocenters. The number of piperidine rings is 1. The summed E-state index contributed by atoms with van der Waals surface area (Å²) in [4.78, 5) is 28.8. The molecule has 2 saturated carbocycles. The molecule has 4 rings (SSSR count). The lowest BCUT2D eigenvalue weighted by atomic mass is 9.80. The van der Waals surface area contributed by atoms with Crippen molar-refractivity contribution in [2.24, 2.45) is 11.1 Å². The number of oxime groups is 1. The molecular weight excluding hydrogens is 467 g/mol. The fraction of sp³-hybridized carbons (Fsp3) is 0.842. The van der Waals surface area contributed by atoms with Crippen molar-refractivity contribution in [3.05, 3.63) is 0 Å². The molecule has 1 saturated heterocycles. The number of carboxylic acids is 1. The summed E-state index contributed by atoms with van der Waals surface area (Å²) in [5.74, 6) is -8.40. The third kappa shape index (κ3) is 6.70. The van der Waals surface area contributed by atoms with Crippen LogP contribution in [-0.2, 0) is 14.4 Å². The average Bonchev–Trinajstić information content (AvgIpc) is 3.01. The Morgan fingerprint density at radius 2 is 1.70 bits per heavy atom. The molecule has 0 aromatic carbocycles. The van der Waals surface area contributed by atoms with Gasteiger partial charge in [-0.3, -0.25) is 9.69 Å². The van der Waals surface area contributed by atoms with Gasteiger partial charge >= 0.3 is 12.1 Å². The number of nitrogens with zero attached hydrogens (tertiary/aromatic N) is 2. The number of hydrogen-bond donors (Lipinski definition) is 2. The first kappa shape index (κ1) is 25.5. The van der Waals surface area contributed by atoms with Gasteiger partial charge in [-0.05, 0) is 25.3 Å². The van der Waals surface area contributed by atoms with Gasteiger partial charge in [0.2, 0.25) is 5.92 Å². The Balaban J connectivity index is 0.000000383. The summed E-state index contributed by atoms with van der Waals surface area (Å²) in [6, 6.07) is -0.514. The molecule has 1 spiro atoms. The van der Waals surface area contributed by atoms with Gasteiger partial charge in [-0.25, -0.2) is 22.4 Å². The summed E-state index contributed by atoms with van der Waals surface area (Å²) in [5.41, 5.74) is -0.363. The zero-order valence-electron chi connectivity index (χ0n) is 17.4. The van der Waals surface area contributed by atoms with E-state index in [4.69, 9.17) is 14.7 Å². The van der Waals surface area contributed by atoms with Crippen LogP contribution >= 0.6 is 0 Å². The van der Waals surface area contributed by atoms with Gasteiger partial charge in [0.05, 0.1) is 0 Å². The Kier molecular flexibility index (Phi) is 6.89. The summed E-state index contributed by atoms with van der Waals surface area (Å²) in [6.45, 7) is 1.99. The van der Waals surface area contributed by atoms with E-state index in [2.05, 4.69) is 15.4 Å². The molecule has 4 aliphatic rings. The number of hydrogen-bond acceptors (Lipinski definition) is 5. The van der Waals surface area contributed by atoms with Crippen LogP contribution in [0.15, 0.2) is 5.16 Å². The highest BCUT2D eigenvalue weighted by molar-refractivity contribution is 6.39. The van der Waals surface area contributed by atoms with Crippen molar-refractivity contribution in [1.82, 2.24) is 10.2 Å². The van der Waals surface area contributed by atoms with Crippen LogP contribution in [0.2, 0.25) is 0 Å². The van der Waals surface area contributed by atoms with E-state index in [9.17, 15) is 35.5 Å². The van der Waals surface area contributed by atoms with Crippen LogP contribution in [0, 0.1) is 5.92 Å². The lowest BCUT2D eigenvalue weighted by Crippen LogP contribution is -2.53. The minimum Gasteiger partial charge on any atom is -0.475 e. The SMILES string of the molecule is O=C(NC1CC(F)(F)C1)C1=NOC2(CCCN(CC3CC(F)(F)C3)C2)C1.O=C(O)C(F)(F)F. The first-order valence-electron chi connectivity index (χ1n) is 10.4. The lowest BCUT2D eigenvalue weighted by Gasteiger charge is -2.43. The fourth-order valence-electron chi connectivity index (χ4n) is 4.52. The Morgan fingerprint density at radius 1 is 1.12 bits per heavy atom. The molecule has 0 radical (unpaired) electrons. The van der Waals surface area contributed by atoms with E-state index < -0.39 is 41.5 Å². The summed E-state index contributed by atoms with van der Waals surface area (Å²) in [5, 5.41) is 13.6. The zero-order valence-corrected chi connectivity index (χ0v) is 17.4. The molecule has 14 heteroatoms. The van der Waals surface area contributed by atoms with Gasteiger partial charge in [0.1, 0.15) is 5.71 Å². The van der Waals surface area contributed by atoms with E-state index in [1.165, 1.54) is 0 Å². The quantitative estimate of drug-likeness (QED) is 0.590. The Morgan fingerprint density at radius 3 is 2.21 bits per heavy atom. The minimum absolute atomic E-state index is 0.00512. The van der Waals surface area contributed by atoms with Gasteiger partial charge in [-0.1, -0.05) is 5.16 Å². The van der Waals surface area contributed by atoms with Crippen molar-refractivity contribution in [3.8, 4) is 0 Å². The monoisotopic (exact) mass is 491 g/mol. The molecule has 2 N–H and O–H groups in total. The average molecular weight is 491 g/mol. The van der Waals surface area contributed by atoms with E-state index in [1.807, 2.05) is 0 Å². The maximum Gasteiger partial charge on any atom is 0.490 e. The zero-order chi connectivity index (χ0) is 24.7. The Bertz CT molecular complexity index is 789. The molecule has 2 heterocycles. The number of likely N-dealkylation sites (tertiary alicyclic amines) is 1. The molecular formula is C19H24F7N3O4. The smallest absolute Gasteiger partial charge is 0.475 e. The second kappa shape index (κ2) is 8.91. The van der Waals surface area contributed by atoms with Crippen LogP contribution in [-0.4, -0.2) is 76.9 Å². The van der Waals surface area contributed by atoms with Crippen molar-refractivity contribution < 1.29 is 50.3 Å². The summed E-state index contributed by atoms with van der Waals surface area (Å²) in [7, 11) is 0. The van der Waals surface area contributed by atoms with Gasteiger partial charge in [0, 0.05) is 51.2 Å².